The first kappa shape index (κ1) is 16.6. The molecule has 0 unspecified atom stereocenters. The van der Waals surface area contributed by atoms with Crippen molar-refractivity contribution in [2.24, 2.45) is 0 Å². The summed E-state index contributed by atoms with van der Waals surface area (Å²) >= 11 is 0. The predicted molar refractivity (Wildman–Crippen MR) is 53.5 cm³/mol. The molecule has 0 atom stereocenters. The molecule has 0 rings (SSSR count). The molecule has 0 radical (unpaired) electrons. The van der Waals surface area contributed by atoms with Crippen LogP contribution in [-0.2, 0) is 14.9 Å². The second-order valence-electron chi connectivity index (χ2n) is 3.10. The van der Waals surface area contributed by atoms with Gasteiger partial charge < -0.3 is 9.84 Å². The number of alkyl halides is 3. The van der Waals surface area contributed by atoms with Crippen LogP contribution >= 0.6 is 0 Å². The number of nitrogens with zero attached hydrogens (tertiary/aromatic N) is 1. The molecule has 0 fully saturated rings. The third-order valence-corrected chi connectivity index (χ3v) is 3.16. The number of likely N-dealkylation sites (N-methyl/N-ethyl adjacent to an activating group) is 1. The molecule has 104 valence electrons. The van der Waals surface area contributed by atoms with Crippen molar-refractivity contribution < 1.29 is 31.4 Å². The average Bonchev–Trinajstić information content (AvgIpc) is 2.20. The maximum atomic E-state index is 11.8. The molecule has 0 aliphatic heterocycles. The normalized spacial score (nSPS) is 13.3. The summed E-state index contributed by atoms with van der Waals surface area (Å²) in [7, 11) is -3.03. The molecule has 0 aromatic heterocycles. The van der Waals surface area contributed by atoms with Crippen molar-refractivity contribution in [3.8, 4) is 0 Å². The third-order valence-electron chi connectivity index (χ3n) is 1.65. The minimum absolute atomic E-state index is 0.00993. The fraction of sp³-hybridized carbons (Fsp3) is 1.00. The van der Waals surface area contributed by atoms with Gasteiger partial charge in [0.2, 0.25) is 0 Å². The highest BCUT2D eigenvalue weighted by Gasteiger charge is 2.30. The van der Waals surface area contributed by atoms with Crippen LogP contribution in [0.15, 0.2) is 0 Å². The Morgan fingerprint density at radius 1 is 1.35 bits per heavy atom. The zero-order valence-electron chi connectivity index (χ0n) is 9.20. The van der Waals surface area contributed by atoms with E-state index in [-0.39, 0.29) is 26.4 Å². The van der Waals surface area contributed by atoms with Crippen molar-refractivity contribution >= 4 is 10.2 Å². The highest BCUT2D eigenvalue weighted by atomic mass is 32.2. The standard InChI is InChI=1S/C7H15F3N2O4S/c1-12(2-4-16-5-3-13)17(14,15)11-6-7(8,9)10/h11,13H,2-6H2,1H3. The molecular formula is C7H15F3N2O4S. The molecule has 0 bridgehead atoms. The van der Waals surface area contributed by atoms with Crippen LogP contribution in [0.5, 0.6) is 0 Å². The Bertz CT molecular complexity index is 307. The van der Waals surface area contributed by atoms with Crippen molar-refractivity contribution in [3.63, 3.8) is 0 Å². The topological polar surface area (TPSA) is 78.9 Å². The summed E-state index contributed by atoms with van der Waals surface area (Å²) in [4.78, 5) is 0. The van der Waals surface area contributed by atoms with Crippen molar-refractivity contribution in [2.75, 3.05) is 40.0 Å². The maximum absolute atomic E-state index is 11.8. The molecule has 2 N–H and O–H groups in total. The largest absolute Gasteiger partial charge is 0.402 e. The molecule has 17 heavy (non-hydrogen) atoms. The van der Waals surface area contributed by atoms with E-state index in [1.54, 1.807) is 0 Å². The van der Waals surface area contributed by atoms with Crippen LogP contribution in [0.3, 0.4) is 0 Å². The summed E-state index contributed by atoms with van der Waals surface area (Å²) in [5.74, 6) is 0. The van der Waals surface area contributed by atoms with Gasteiger partial charge in [0.1, 0.15) is 6.54 Å². The van der Waals surface area contributed by atoms with E-state index in [2.05, 4.69) is 0 Å². The van der Waals surface area contributed by atoms with E-state index in [0.717, 1.165) is 7.05 Å². The summed E-state index contributed by atoms with van der Waals surface area (Å²) in [6.45, 7) is -1.89. The lowest BCUT2D eigenvalue weighted by atomic mass is 10.7. The van der Waals surface area contributed by atoms with Gasteiger partial charge in [-0.2, -0.15) is 30.6 Å². The average molecular weight is 280 g/mol. The van der Waals surface area contributed by atoms with Gasteiger partial charge in [0, 0.05) is 13.6 Å². The molecule has 0 saturated carbocycles. The number of rotatable bonds is 8. The number of hydrogen-bond acceptors (Lipinski definition) is 4. The van der Waals surface area contributed by atoms with Gasteiger partial charge in [-0.3, -0.25) is 0 Å². The number of aliphatic hydroxyl groups is 1. The van der Waals surface area contributed by atoms with Crippen molar-refractivity contribution in [3.05, 3.63) is 0 Å². The van der Waals surface area contributed by atoms with Gasteiger partial charge >= 0.3 is 6.18 Å². The van der Waals surface area contributed by atoms with E-state index in [1.165, 1.54) is 4.72 Å². The first-order valence-corrected chi connectivity index (χ1v) is 6.09. The Balaban J connectivity index is 4.04. The Kier molecular flexibility index (Phi) is 6.94. The predicted octanol–water partition coefficient (Wildman–Crippen LogP) is -0.676. The lowest BCUT2D eigenvalue weighted by Crippen LogP contribution is -2.43. The van der Waals surface area contributed by atoms with Crippen LogP contribution < -0.4 is 4.72 Å². The van der Waals surface area contributed by atoms with E-state index in [1.807, 2.05) is 0 Å². The van der Waals surface area contributed by atoms with Crippen LogP contribution in [0.1, 0.15) is 0 Å². The van der Waals surface area contributed by atoms with Gasteiger partial charge in [-0.15, -0.1) is 0 Å². The van der Waals surface area contributed by atoms with Gasteiger partial charge in [-0.1, -0.05) is 0 Å². The van der Waals surface area contributed by atoms with E-state index in [9.17, 15) is 21.6 Å². The third kappa shape index (κ3) is 8.32. The van der Waals surface area contributed by atoms with Crippen LogP contribution in [-0.4, -0.2) is 64.0 Å². The molecule has 10 heteroatoms. The summed E-state index contributed by atoms with van der Waals surface area (Å²) < 4.78 is 64.8. The second kappa shape index (κ2) is 7.11. The van der Waals surface area contributed by atoms with Crippen LogP contribution in [0, 0.1) is 0 Å². The van der Waals surface area contributed by atoms with Crippen LogP contribution in [0.2, 0.25) is 0 Å². The minimum atomic E-state index is -4.60. The molecule has 0 saturated heterocycles. The first-order valence-electron chi connectivity index (χ1n) is 4.65. The fourth-order valence-electron chi connectivity index (χ4n) is 0.763. The fourth-order valence-corrected chi connectivity index (χ4v) is 1.64. The Hall–Kier alpha value is -0.420. The van der Waals surface area contributed by atoms with Gasteiger partial charge in [-0.05, 0) is 0 Å². The molecule has 0 heterocycles. The van der Waals surface area contributed by atoms with Crippen molar-refractivity contribution in [1.82, 2.24) is 9.03 Å². The van der Waals surface area contributed by atoms with E-state index in [4.69, 9.17) is 9.84 Å². The van der Waals surface area contributed by atoms with E-state index < -0.39 is 22.9 Å². The summed E-state index contributed by atoms with van der Waals surface area (Å²) in [5.41, 5.74) is 0. The lowest BCUT2D eigenvalue weighted by Gasteiger charge is -2.18. The van der Waals surface area contributed by atoms with Gasteiger partial charge in [0.25, 0.3) is 10.2 Å². The zero-order valence-corrected chi connectivity index (χ0v) is 10.0. The SMILES string of the molecule is CN(CCOCCO)S(=O)(=O)NCC(F)(F)F. The number of hydrogen-bond donors (Lipinski definition) is 2. The number of halogens is 3. The Labute approximate surface area is 97.5 Å². The van der Waals surface area contributed by atoms with E-state index >= 15 is 0 Å². The number of ether oxygens (including phenoxy) is 1. The lowest BCUT2D eigenvalue weighted by molar-refractivity contribution is -0.121. The highest BCUT2D eigenvalue weighted by molar-refractivity contribution is 7.87. The molecule has 0 aliphatic carbocycles. The quantitative estimate of drug-likeness (QED) is 0.578. The molecule has 0 spiro atoms. The molecule has 0 aromatic carbocycles. The number of nitrogens with one attached hydrogen (secondary N) is 1. The van der Waals surface area contributed by atoms with Crippen LogP contribution in [0.4, 0.5) is 13.2 Å². The molecular weight excluding hydrogens is 265 g/mol. The van der Waals surface area contributed by atoms with Gasteiger partial charge in [-0.25, -0.2) is 0 Å². The minimum Gasteiger partial charge on any atom is -0.394 e. The monoisotopic (exact) mass is 280 g/mol. The molecule has 0 aliphatic rings. The van der Waals surface area contributed by atoms with Crippen molar-refractivity contribution in [1.29, 1.82) is 0 Å². The highest BCUT2D eigenvalue weighted by Crippen LogP contribution is 2.13. The smallest absolute Gasteiger partial charge is 0.394 e. The summed E-state index contributed by atoms with van der Waals surface area (Å²) in [6, 6.07) is 0. The number of aliphatic hydroxyl groups excluding tert-OH is 1. The molecule has 0 amide bonds. The van der Waals surface area contributed by atoms with Gasteiger partial charge in [0.15, 0.2) is 0 Å². The van der Waals surface area contributed by atoms with Gasteiger partial charge in [0.05, 0.1) is 19.8 Å². The summed E-state index contributed by atoms with van der Waals surface area (Å²) in [6.07, 6.45) is -4.60. The maximum Gasteiger partial charge on any atom is 0.402 e. The van der Waals surface area contributed by atoms with E-state index in [0.29, 0.717) is 4.31 Å². The zero-order chi connectivity index (χ0) is 13.5. The molecule has 0 aromatic rings. The Morgan fingerprint density at radius 2 is 1.94 bits per heavy atom. The molecule has 6 nitrogen and oxygen atoms in total. The Morgan fingerprint density at radius 3 is 2.41 bits per heavy atom. The second-order valence-corrected chi connectivity index (χ2v) is 4.96. The van der Waals surface area contributed by atoms with Crippen molar-refractivity contribution in [2.45, 2.75) is 6.18 Å². The van der Waals surface area contributed by atoms with Crippen LogP contribution in [0.25, 0.3) is 0 Å². The first-order chi connectivity index (χ1) is 7.69. The summed E-state index contributed by atoms with van der Waals surface area (Å²) in [5, 5.41) is 8.37.